The molecule has 0 radical (unpaired) electrons. The molecule has 2 aromatic carbocycles. The monoisotopic (exact) mass is 447 g/mol. The molecular weight excluding hydrogens is 432 g/mol. The highest BCUT2D eigenvalue weighted by molar-refractivity contribution is 6.50. The number of nitrogens with one attached hydrogen (secondary N) is 2. The van der Waals surface area contributed by atoms with Gasteiger partial charge in [0.05, 0.1) is 38.9 Å². The van der Waals surface area contributed by atoms with Gasteiger partial charge in [0.2, 0.25) is 11.8 Å². The molecule has 2 amide bonds. The molecule has 0 atom stereocenters. The van der Waals surface area contributed by atoms with Crippen LogP contribution in [0.2, 0.25) is 20.1 Å². The Balaban J connectivity index is 1.92. The summed E-state index contributed by atoms with van der Waals surface area (Å²) in [5.41, 5.74) is 1.93. The standard InChI is InChI=1S/C18H17Cl4N3O2/c1-10-3-5-11(6-4-10)23-14(26)8-25(2)9-15(27)24-18-16(21)12(19)7-13(20)17(18)22/h3-7H,8-9H2,1-2H3,(H,23,26)(H,24,27). The number of likely N-dealkylation sites (N-methyl/N-ethyl adjacent to an activating group) is 1. The SMILES string of the molecule is Cc1ccc(NC(=O)CN(C)CC(=O)Nc2c(Cl)c(Cl)cc(Cl)c2Cl)cc1. The van der Waals surface area contributed by atoms with Crippen LogP contribution in [0.15, 0.2) is 30.3 Å². The molecule has 2 N–H and O–H groups in total. The quantitative estimate of drug-likeness (QED) is 0.603. The van der Waals surface area contributed by atoms with Gasteiger partial charge in [-0.2, -0.15) is 0 Å². The fourth-order valence-electron chi connectivity index (χ4n) is 2.25. The van der Waals surface area contributed by atoms with Gasteiger partial charge in [-0.05, 0) is 32.2 Å². The van der Waals surface area contributed by atoms with Crippen LogP contribution < -0.4 is 10.6 Å². The second-order valence-corrected chi connectivity index (χ2v) is 7.55. The summed E-state index contributed by atoms with van der Waals surface area (Å²) in [6.45, 7) is 1.93. The predicted octanol–water partition coefficient (Wildman–Crippen LogP) is 5.12. The van der Waals surface area contributed by atoms with Crippen molar-refractivity contribution in [2.75, 3.05) is 30.8 Å². The Morgan fingerprint density at radius 1 is 0.889 bits per heavy atom. The molecule has 0 bridgehead atoms. The zero-order chi connectivity index (χ0) is 20.1. The number of hydrogen-bond donors (Lipinski definition) is 2. The Morgan fingerprint density at radius 3 is 1.89 bits per heavy atom. The molecule has 0 aliphatic rings. The lowest BCUT2D eigenvalue weighted by molar-refractivity contribution is -0.119. The van der Waals surface area contributed by atoms with Gasteiger partial charge in [-0.3, -0.25) is 14.5 Å². The summed E-state index contributed by atoms with van der Waals surface area (Å²) in [6.07, 6.45) is 0. The number of rotatable bonds is 6. The largest absolute Gasteiger partial charge is 0.325 e. The van der Waals surface area contributed by atoms with Crippen LogP contribution in [0.4, 0.5) is 11.4 Å². The highest BCUT2D eigenvalue weighted by Crippen LogP contribution is 2.40. The maximum Gasteiger partial charge on any atom is 0.238 e. The van der Waals surface area contributed by atoms with Crippen LogP contribution in [-0.2, 0) is 9.59 Å². The van der Waals surface area contributed by atoms with Crippen molar-refractivity contribution >= 4 is 69.6 Å². The number of nitrogens with zero attached hydrogens (tertiary/aromatic N) is 1. The van der Waals surface area contributed by atoms with Crippen LogP contribution in [0.3, 0.4) is 0 Å². The Hall–Kier alpha value is -1.50. The number of benzene rings is 2. The number of carbonyl (C=O) groups excluding carboxylic acids is 2. The van der Waals surface area contributed by atoms with Crippen molar-refractivity contribution in [2.24, 2.45) is 0 Å². The first kappa shape index (κ1) is 21.8. The van der Waals surface area contributed by atoms with Crippen LogP contribution in [-0.4, -0.2) is 36.9 Å². The molecule has 9 heteroatoms. The summed E-state index contributed by atoms with van der Waals surface area (Å²) < 4.78 is 0. The second kappa shape index (κ2) is 9.62. The predicted molar refractivity (Wildman–Crippen MR) is 112 cm³/mol. The lowest BCUT2D eigenvalue weighted by atomic mass is 10.2. The molecule has 2 aromatic rings. The van der Waals surface area contributed by atoms with Crippen molar-refractivity contribution < 1.29 is 9.59 Å². The van der Waals surface area contributed by atoms with Gasteiger partial charge in [0, 0.05) is 5.69 Å². The van der Waals surface area contributed by atoms with Gasteiger partial charge in [0.1, 0.15) is 0 Å². The molecule has 0 aliphatic heterocycles. The first-order valence-electron chi connectivity index (χ1n) is 7.85. The zero-order valence-corrected chi connectivity index (χ0v) is 17.6. The third-order valence-electron chi connectivity index (χ3n) is 3.54. The highest BCUT2D eigenvalue weighted by atomic mass is 35.5. The Bertz CT molecular complexity index is 830. The maximum absolute atomic E-state index is 12.2. The van der Waals surface area contributed by atoms with Gasteiger partial charge >= 0.3 is 0 Å². The van der Waals surface area contributed by atoms with E-state index in [2.05, 4.69) is 10.6 Å². The molecule has 0 spiro atoms. The van der Waals surface area contributed by atoms with E-state index in [1.807, 2.05) is 31.2 Å². The zero-order valence-electron chi connectivity index (χ0n) is 14.6. The van der Waals surface area contributed by atoms with Crippen LogP contribution in [0.5, 0.6) is 0 Å². The van der Waals surface area contributed by atoms with E-state index < -0.39 is 5.91 Å². The van der Waals surface area contributed by atoms with Gasteiger partial charge in [0.25, 0.3) is 0 Å². The molecule has 0 heterocycles. The molecule has 0 fully saturated rings. The van der Waals surface area contributed by atoms with E-state index in [1.165, 1.54) is 6.07 Å². The third kappa shape index (κ3) is 6.26. The minimum atomic E-state index is -0.414. The molecule has 5 nitrogen and oxygen atoms in total. The van der Waals surface area contributed by atoms with E-state index >= 15 is 0 Å². The molecule has 0 aliphatic carbocycles. The highest BCUT2D eigenvalue weighted by Gasteiger charge is 2.18. The molecule has 0 unspecified atom stereocenters. The fraction of sp³-hybridized carbons (Fsp3) is 0.222. The number of hydrogen-bond acceptors (Lipinski definition) is 3. The van der Waals surface area contributed by atoms with Crippen LogP contribution in [0.25, 0.3) is 0 Å². The van der Waals surface area contributed by atoms with Crippen molar-refractivity contribution in [3.8, 4) is 0 Å². The van der Waals surface area contributed by atoms with Gasteiger partial charge in [0.15, 0.2) is 0 Å². The average molecular weight is 449 g/mol. The van der Waals surface area contributed by atoms with Crippen LogP contribution in [0.1, 0.15) is 5.56 Å². The first-order valence-corrected chi connectivity index (χ1v) is 9.36. The summed E-state index contributed by atoms with van der Waals surface area (Å²) in [4.78, 5) is 25.9. The van der Waals surface area contributed by atoms with E-state index in [9.17, 15) is 9.59 Å². The number of amides is 2. The topological polar surface area (TPSA) is 61.4 Å². The Morgan fingerprint density at radius 2 is 1.37 bits per heavy atom. The molecule has 0 saturated carbocycles. The maximum atomic E-state index is 12.2. The van der Waals surface area contributed by atoms with Crippen molar-refractivity contribution in [2.45, 2.75) is 6.92 Å². The Labute approximate surface area is 177 Å². The number of carbonyl (C=O) groups is 2. The first-order chi connectivity index (χ1) is 12.7. The average Bonchev–Trinajstić information content (AvgIpc) is 2.58. The summed E-state index contributed by atoms with van der Waals surface area (Å²) in [7, 11) is 1.64. The van der Waals surface area contributed by atoms with E-state index in [-0.39, 0.29) is 44.8 Å². The van der Waals surface area contributed by atoms with Crippen LogP contribution >= 0.6 is 46.4 Å². The molecular formula is C18H17Cl4N3O2. The van der Waals surface area contributed by atoms with Crippen molar-refractivity contribution in [1.29, 1.82) is 0 Å². The van der Waals surface area contributed by atoms with Crippen molar-refractivity contribution in [1.82, 2.24) is 4.90 Å². The minimum Gasteiger partial charge on any atom is -0.325 e. The summed E-state index contributed by atoms with van der Waals surface area (Å²) in [5, 5.41) is 5.88. The molecule has 0 saturated heterocycles. The lowest BCUT2D eigenvalue weighted by Crippen LogP contribution is -2.36. The van der Waals surface area contributed by atoms with Gasteiger partial charge in [-0.1, -0.05) is 64.1 Å². The third-order valence-corrected chi connectivity index (χ3v) is 5.11. The summed E-state index contributed by atoms with van der Waals surface area (Å²) in [6, 6.07) is 8.82. The lowest BCUT2D eigenvalue weighted by Gasteiger charge is -2.17. The number of aryl methyl sites for hydroxylation is 1. The van der Waals surface area contributed by atoms with Gasteiger partial charge in [-0.15, -0.1) is 0 Å². The summed E-state index contributed by atoms with van der Waals surface area (Å²) in [5.74, 6) is -0.654. The van der Waals surface area contributed by atoms with E-state index in [0.29, 0.717) is 5.69 Å². The molecule has 144 valence electrons. The van der Waals surface area contributed by atoms with E-state index in [0.717, 1.165) is 5.56 Å². The Kier molecular flexibility index (Phi) is 7.77. The number of anilines is 2. The fourth-order valence-corrected chi connectivity index (χ4v) is 3.15. The van der Waals surface area contributed by atoms with E-state index in [4.69, 9.17) is 46.4 Å². The van der Waals surface area contributed by atoms with E-state index in [1.54, 1.807) is 11.9 Å². The van der Waals surface area contributed by atoms with Gasteiger partial charge in [-0.25, -0.2) is 0 Å². The minimum absolute atomic E-state index is 0.0268. The molecule has 2 rings (SSSR count). The second-order valence-electron chi connectivity index (χ2n) is 5.98. The van der Waals surface area contributed by atoms with Crippen LogP contribution in [0, 0.1) is 6.92 Å². The molecule has 0 aromatic heterocycles. The smallest absolute Gasteiger partial charge is 0.238 e. The normalized spacial score (nSPS) is 10.8. The summed E-state index contributed by atoms with van der Waals surface area (Å²) >= 11 is 24.0. The van der Waals surface area contributed by atoms with Crippen molar-refractivity contribution in [3.05, 3.63) is 56.0 Å². The number of halogens is 4. The van der Waals surface area contributed by atoms with Gasteiger partial charge < -0.3 is 10.6 Å². The van der Waals surface area contributed by atoms with Crippen molar-refractivity contribution in [3.63, 3.8) is 0 Å². The molecule has 27 heavy (non-hydrogen) atoms.